The minimum atomic E-state index is -0.752. The molecule has 1 aromatic rings. The Hall–Kier alpha value is -1.17. The molecule has 0 spiro atoms. The van der Waals surface area contributed by atoms with Gasteiger partial charge in [-0.3, -0.25) is 9.69 Å². The van der Waals surface area contributed by atoms with Gasteiger partial charge in [0.15, 0.2) is 0 Å². The van der Waals surface area contributed by atoms with Gasteiger partial charge in [0, 0.05) is 32.7 Å². The number of carbonyl (C=O) groups excluding carboxylic acids is 1. The second kappa shape index (κ2) is 6.30. The van der Waals surface area contributed by atoms with E-state index in [4.69, 9.17) is 11.6 Å². The number of halogens is 2. The van der Waals surface area contributed by atoms with Crippen molar-refractivity contribution in [2.75, 3.05) is 32.7 Å². The van der Waals surface area contributed by atoms with E-state index in [1.54, 1.807) is 18.7 Å². The van der Waals surface area contributed by atoms with Crippen LogP contribution in [0.4, 0.5) is 4.39 Å². The van der Waals surface area contributed by atoms with Crippen molar-refractivity contribution >= 4 is 17.5 Å². The Labute approximate surface area is 129 Å². The number of hydrogen-bond donors (Lipinski definition) is 1. The number of amides is 1. The van der Waals surface area contributed by atoms with Crippen LogP contribution in [0.1, 0.15) is 24.2 Å². The van der Waals surface area contributed by atoms with Gasteiger partial charge in [0.05, 0.1) is 16.2 Å². The van der Waals surface area contributed by atoms with E-state index in [-0.39, 0.29) is 16.5 Å². The van der Waals surface area contributed by atoms with Crippen molar-refractivity contribution in [3.8, 4) is 0 Å². The molecule has 1 N–H and O–H groups in total. The molecule has 1 heterocycles. The molecule has 0 atom stereocenters. The average molecular weight is 315 g/mol. The van der Waals surface area contributed by atoms with Crippen molar-refractivity contribution in [3.63, 3.8) is 0 Å². The summed E-state index contributed by atoms with van der Waals surface area (Å²) < 4.78 is 13.4. The molecule has 6 heteroatoms. The van der Waals surface area contributed by atoms with Gasteiger partial charge in [-0.05, 0) is 26.0 Å². The summed E-state index contributed by atoms with van der Waals surface area (Å²) in [5.41, 5.74) is -0.550. The Morgan fingerprint density at radius 3 is 2.52 bits per heavy atom. The number of aliphatic hydroxyl groups is 1. The van der Waals surface area contributed by atoms with Gasteiger partial charge < -0.3 is 10.0 Å². The normalized spacial score (nSPS) is 17.1. The number of nitrogens with zero attached hydrogens (tertiary/aromatic N) is 2. The van der Waals surface area contributed by atoms with Gasteiger partial charge in [-0.15, -0.1) is 0 Å². The zero-order valence-electron chi connectivity index (χ0n) is 12.3. The van der Waals surface area contributed by atoms with Crippen molar-refractivity contribution < 1.29 is 14.3 Å². The maximum atomic E-state index is 13.4. The Bertz CT molecular complexity index is 523. The first-order chi connectivity index (χ1) is 9.78. The third kappa shape index (κ3) is 4.15. The minimum Gasteiger partial charge on any atom is -0.389 e. The van der Waals surface area contributed by atoms with E-state index in [0.29, 0.717) is 32.7 Å². The number of piperazine rings is 1. The van der Waals surface area contributed by atoms with Crippen molar-refractivity contribution in [2.45, 2.75) is 19.4 Å². The Morgan fingerprint density at radius 1 is 1.33 bits per heavy atom. The molecule has 4 nitrogen and oxygen atoms in total. The van der Waals surface area contributed by atoms with Crippen molar-refractivity contribution in [1.29, 1.82) is 0 Å². The zero-order chi connectivity index (χ0) is 15.6. The van der Waals surface area contributed by atoms with Crippen LogP contribution in [0.3, 0.4) is 0 Å². The number of hydrogen-bond acceptors (Lipinski definition) is 3. The first-order valence-electron chi connectivity index (χ1n) is 6.96. The second-order valence-corrected chi connectivity index (χ2v) is 6.36. The molecule has 0 bridgehead atoms. The number of carbonyl (C=O) groups is 1. The molecule has 0 unspecified atom stereocenters. The molecule has 1 aromatic carbocycles. The molecule has 1 saturated heterocycles. The van der Waals surface area contributed by atoms with Crippen molar-refractivity contribution in [3.05, 3.63) is 34.6 Å². The highest BCUT2D eigenvalue weighted by Crippen LogP contribution is 2.22. The van der Waals surface area contributed by atoms with Crippen LogP contribution in [-0.4, -0.2) is 59.1 Å². The van der Waals surface area contributed by atoms with Crippen LogP contribution in [0.25, 0.3) is 0 Å². The van der Waals surface area contributed by atoms with E-state index in [1.165, 1.54) is 18.2 Å². The van der Waals surface area contributed by atoms with Gasteiger partial charge >= 0.3 is 0 Å². The third-order valence-electron chi connectivity index (χ3n) is 3.45. The topological polar surface area (TPSA) is 43.8 Å². The van der Waals surface area contributed by atoms with Crippen LogP contribution in [0.5, 0.6) is 0 Å². The predicted molar refractivity (Wildman–Crippen MR) is 80.1 cm³/mol. The van der Waals surface area contributed by atoms with Crippen LogP contribution in [-0.2, 0) is 0 Å². The third-order valence-corrected chi connectivity index (χ3v) is 3.84. The molecule has 0 aliphatic carbocycles. The summed E-state index contributed by atoms with van der Waals surface area (Å²) in [6.45, 7) is 6.54. The van der Waals surface area contributed by atoms with Crippen LogP contribution in [0.15, 0.2) is 18.2 Å². The zero-order valence-corrected chi connectivity index (χ0v) is 13.0. The summed E-state index contributed by atoms with van der Waals surface area (Å²) in [5, 5.41) is 9.68. The van der Waals surface area contributed by atoms with Crippen LogP contribution in [0.2, 0.25) is 5.02 Å². The molecule has 1 aliphatic rings. The lowest BCUT2D eigenvalue weighted by molar-refractivity contribution is 0.0178. The summed E-state index contributed by atoms with van der Waals surface area (Å²) >= 11 is 5.86. The Kier molecular flexibility index (Phi) is 4.86. The highest BCUT2D eigenvalue weighted by Gasteiger charge is 2.26. The highest BCUT2D eigenvalue weighted by molar-refractivity contribution is 6.34. The standard InChI is InChI=1S/C15H20ClFN2O2/c1-15(2,21)10-18-6-8-19(9-7-18)14(20)11-4-3-5-12(17)13(11)16/h3-5,21H,6-10H2,1-2H3. The van der Waals surface area contributed by atoms with E-state index < -0.39 is 11.4 Å². The molecule has 116 valence electrons. The molecule has 1 fully saturated rings. The second-order valence-electron chi connectivity index (χ2n) is 5.98. The van der Waals surface area contributed by atoms with Gasteiger partial charge in [0.2, 0.25) is 0 Å². The molecule has 0 radical (unpaired) electrons. The minimum absolute atomic E-state index is 0.124. The van der Waals surface area contributed by atoms with E-state index in [0.717, 1.165) is 0 Å². The SMILES string of the molecule is CC(C)(O)CN1CCN(C(=O)c2cccc(F)c2Cl)CC1. The van der Waals surface area contributed by atoms with Gasteiger partial charge in [0.1, 0.15) is 5.82 Å². The highest BCUT2D eigenvalue weighted by atomic mass is 35.5. The maximum absolute atomic E-state index is 13.4. The molecular weight excluding hydrogens is 295 g/mol. The molecule has 2 rings (SSSR count). The quantitative estimate of drug-likeness (QED) is 0.928. The molecule has 0 saturated carbocycles. The fourth-order valence-electron chi connectivity index (χ4n) is 2.50. The number of β-amino-alcohol motifs (C(OH)–C–C–N with tert-alkyl or cyclic N) is 1. The summed E-state index contributed by atoms with van der Waals surface area (Å²) in [6, 6.07) is 4.26. The summed E-state index contributed by atoms with van der Waals surface area (Å²) in [4.78, 5) is 16.1. The van der Waals surface area contributed by atoms with E-state index in [2.05, 4.69) is 4.90 Å². The van der Waals surface area contributed by atoms with Gasteiger partial charge in [-0.25, -0.2) is 4.39 Å². The summed E-state index contributed by atoms with van der Waals surface area (Å²) in [6.07, 6.45) is 0. The number of rotatable bonds is 3. The molecule has 0 aromatic heterocycles. The van der Waals surface area contributed by atoms with E-state index >= 15 is 0 Å². The maximum Gasteiger partial charge on any atom is 0.255 e. The Morgan fingerprint density at radius 2 is 1.95 bits per heavy atom. The van der Waals surface area contributed by atoms with Crippen LogP contribution < -0.4 is 0 Å². The van der Waals surface area contributed by atoms with Gasteiger partial charge in [-0.1, -0.05) is 17.7 Å². The first kappa shape index (κ1) is 16.2. The lowest BCUT2D eigenvalue weighted by Gasteiger charge is -2.37. The van der Waals surface area contributed by atoms with E-state index in [1.807, 2.05) is 0 Å². The van der Waals surface area contributed by atoms with Crippen molar-refractivity contribution in [2.24, 2.45) is 0 Å². The molecule has 1 aliphatic heterocycles. The lowest BCUT2D eigenvalue weighted by atomic mass is 10.1. The van der Waals surface area contributed by atoms with Gasteiger partial charge in [0.25, 0.3) is 5.91 Å². The monoisotopic (exact) mass is 314 g/mol. The predicted octanol–water partition coefficient (Wildman–Crippen LogP) is 2.01. The smallest absolute Gasteiger partial charge is 0.255 e. The van der Waals surface area contributed by atoms with Gasteiger partial charge in [-0.2, -0.15) is 0 Å². The summed E-state index contributed by atoms with van der Waals surface area (Å²) in [5.74, 6) is -0.828. The van der Waals surface area contributed by atoms with E-state index in [9.17, 15) is 14.3 Å². The fourth-order valence-corrected chi connectivity index (χ4v) is 2.70. The lowest BCUT2D eigenvalue weighted by Crippen LogP contribution is -2.52. The number of benzene rings is 1. The molecule has 21 heavy (non-hydrogen) atoms. The van der Waals surface area contributed by atoms with Crippen LogP contribution in [0, 0.1) is 5.82 Å². The largest absolute Gasteiger partial charge is 0.389 e. The fraction of sp³-hybridized carbons (Fsp3) is 0.533. The Balaban J connectivity index is 1.99. The molecule has 1 amide bonds. The first-order valence-corrected chi connectivity index (χ1v) is 7.34. The average Bonchev–Trinajstić information content (AvgIpc) is 2.40. The van der Waals surface area contributed by atoms with Crippen LogP contribution >= 0.6 is 11.6 Å². The molecular formula is C15H20ClFN2O2. The van der Waals surface area contributed by atoms with Crippen molar-refractivity contribution in [1.82, 2.24) is 9.80 Å². The summed E-state index contributed by atoms with van der Waals surface area (Å²) in [7, 11) is 0.